The molecule has 0 aliphatic carbocycles. The van der Waals surface area contributed by atoms with Crippen molar-refractivity contribution in [3.05, 3.63) is 74.5 Å². The Morgan fingerprint density at radius 1 is 1.22 bits per heavy atom. The van der Waals surface area contributed by atoms with Crippen molar-refractivity contribution in [2.75, 3.05) is 6.61 Å². The largest absolute Gasteiger partial charge is 0.462 e. The van der Waals surface area contributed by atoms with E-state index in [-0.39, 0.29) is 10.8 Å². The van der Waals surface area contributed by atoms with E-state index in [2.05, 4.69) is 5.09 Å². The standard InChI is InChI=1S/C26H30Cl2N3O9P/c1-14(2)38-23(34)15(3)30-41(36,40-19-11-7-9-16-8-5-6-10-17(16)19)37-13-20-21(32)26(4,28)24(39-20)31-12-18(27)22(33)29-25(31)35/h5-12,14-15,20-21,24,32H,13H2,1-4H3,(H,30,36)(H,29,33,35)/t15-,20-,21-,24?,26-,41?/m1/s1. The number of esters is 1. The van der Waals surface area contributed by atoms with Crippen LogP contribution in [-0.4, -0.2) is 56.5 Å². The third-order valence-electron chi connectivity index (χ3n) is 6.33. The third kappa shape index (κ3) is 6.86. The molecular weight excluding hydrogens is 600 g/mol. The van der Waals surface area contributed by atoms with Gasteiger partial charge in [0, 0.05) is 11.6 Å². The zero-order valence-corrected chi connectivity index (χ0v) is 25.0. The Balaban J connectivity index is 1.61. The normalized spacial score (nSPS) is 24.7. The van der Waals surface area contributed by atoms with Crippen LogP contribution in [0.25, 0.3) is 10.8 Å². The zero-order chi connectivity index (χ0) is 30.1. The predicted molar refractivity (Wildman–Crippen MR) is 152 cm³/mol. The van der Waals surface area contributed by atoms with E-state index in [4.69, 9.17) is 41.7 Å². The summed E-state index contributed by atoms with van der Waals surface area (Å²) in [5, 5.41) is 14.7. The lowest BCUT2D eigenvalue weighted by Crippen LogP contribution is -2.43. The fourth-order valence-electron chi connectivity index (χ4n) is 4.28. The average molecular weight is 630 g/mol. The summed E-state index contributed by atoms with van der Waals surface area (Å²) in [6, 6.07) is 11.3. The summed E-state index contributed by atoms with van der Waals surface area (Å²) in [5.74, 6) is -0.476. The van der Waals surface area contributed by atoms with E-state index in [9.17, 15) is 24.1 Å². The third-order valence-corrected chi connectivity index (χ3v) is 8.64. The van der Waals surface area contributed by atoms with Crippen LogP contribution in [0.1, 0.15) is 33.9 Å². The van der Waals surface area contributed by atoms with Crippen molar-refractivity contribution in [1.82, 2.24) is 14.6 Å². The van der Waals surface area contributed by atoms with Gasteiger partial charge in [-0.2, -0.15) is 5.09 Å². The van der Waals surface area contributed by atoms with Gasteiger partial charge in [0.25, 0.3) is 5.56 Å². The molecule has 1 aliphatic rings. The number of benzene rings is 2. The fourth-order valence-corrected chi connectivity index (χ4v) is 6.25. The maximum atomic E-state index is 14.1. The second-order valence-electron chi connectivity index (χ2n) is 9.96. The molecule has 0 spiro atoms. The van der Waals surface area contributed by atoms with Gasteiger partial charge in [-0.15, -0.1) is 11.6 Å². The Labute approximate surface area is 245 Å². The number of ether oxygens (including phenoxy) is 2. The molecule has 0 radical (unpaired) electrons. The summed E-state index contributed by atoms with van der Waals surface area (Å²) >= 11 is 12.5. The van der Waals surface area contributed by atoms with Crippen molar-refractivity contribution in [3.8, 4) is 5.75 Å². The summed E-state index contributed by atoms with van der Waals surface area (Å²) in [6.07, 6.45) is -3.33. The van der Waals surface area contributed by atoms with Crippen LogP contribution in [0.15, 0.2) is 58.3 Å². The number of alkyl halides is 1. The minimum Gasteiger partial charge on any atom is -0.462 e. The molecule has 0 saturated carbocycles. The van der Waals surface area contributed by atoms with E-state index >= 15 is 0 Å². The molecule has 0 bridgehead atoms. The van der Waals surface area contributed by atoms with Crippen LogP contribution in [-0.2, 0) is 23.4 Å². The second-order valence-corrected chi connectivity index (χ2v) is 12.9. The van der Waals surface area contributed by atoms with Crippen LogP contribution in [0.4, 0.5) is 0 Å². The number of nitrogens with one attached hydrogen (secondary N) is 2. The van der Waals surface area contributed by atoms with Gasteiger partial charge < -0.3 is 19.1 Å². The lowest BCUT2D eigenvalue weighted by molar-refractivity contribution is -0.149. The number of hydrogen-bond acceptors (Lipinski definition) is 9. The van der Waals surface area contributed by atoms with Crippen molar-refractivity contribution >= 4 is 47.7 Å². The number of hydrogen-bond donors (Lipinski definition) is 3. The molecule has 12 nitrogen and oxygen atoms in total. The highest BCUT2D eigenvalue weighted by molar-refractivity contribution is 7.52. The molecule has 3 N–H and O–H groups in total. The minimum atomic E-state index is -4.36. The number of H-pyrrole nitrogens is 1. The number of aromatic nitrogens is 2. The van der Waals surface area contributed by atoms with Crippen LogP contribution in [0.3, 0.4) is 0 Å². The Kier molecular flexibility index (Phi) is 9.35. The first kappa shape index (κ1) is 31.2. The maximum absolute atomic E-state index is 14.1. The van der Waals surface area contributed by atoms with Gasteiger partial charge in [-0.05, 0) is 39.1 Å². The Morgan fingerprint density at radius 3 is 2.61 bits per heavy atom. The van der Waals surface area contributed by atoms with E-state index in [0.29, 0.717) is 5.39 Å². The number of aliphatic hydroxyl groups is 1. The molecule has 222 valence electrons. The van der Waals surface area contributed by atoms with Crippen LogP contribution < -0.4 is 20.9 Å². The van der Waals surface area contributed by atoms with Crippen molar-refractivity contribution in [1.29, 1.82) is 0 Å². The topological polar surface area (TPSA) is 158 Å². The first-order chi connectivity index (χ1) is 19.2. The molecule has 1 saturated heterocycles. The summed E-state index contributed by atoms with van der Waals surface area (Å²) in [6.45, 7) is 5.67. The minimum absolute atomic E-state index is 0.214. The highest BCUT2D eigenvalue weighted by Gasteiger charge is 2.54. The highest BCUT2D eigenvalue weighted by Crippen LogP contribution is 2.49. The SMILES string of the molecule is CC(C)OC(=O)[C@@H](C)NP(=O)(OC[C@H]1OC(n2cc(Cl)c(=O)[nH]c2=O)[C@](C)(Cl)[C@@H]1O)Oc1cccc2ccccc12. The van der Waals surface area contributed by atoms with Gasteiger partial charge in [0.2, 0.25) is 0 Å². The first-order valence-corrected chi connectivity index (χ1v) is 15.0. The number of halogens is 2. The zero-order valence-electron chi connectivity index (χ0n) is 22.6. The van der Waals surface area contributed by atoms with Crippen molar-refractivity contribution in [3.63, 3.8) is 0 Å². The van der Waals surface area contributed by atoms with Gasteiger partial charge in [-0.3, -0.25) is 23.7 Å². The average Bonchev–Trinajstić information content (AvgIpc) is 3.13. The molecule has 2 heterocycles. The first-order valence-electron chi connectivity index (χ1n) is 12.7. The Morgan fingerprint density at radius 2 is 1.90 bits per heavy atom. The molecule has 4 rings (SSSR count). The Bertz CT molecular complexity index is 1590. The van der Waals surface area contributed by atoms with E-state index in [0.717, 1.165) is 16.2 Å². The predicted octanol–water partition coefficient (Wildman–Crippen LogP) is 3.73. The number of fused-ring (bicyclic) bond motifs is 1. The highest BCUT2D eigenvalue weighted by atomic mass is 35.5. The number of nitrogens with zero attached hydrogens (tertiary/aromatic N) is 1. The van der Waals surface area contributed by atoms with Crippen molar-refractivity contribution in [2.45, 2.75) is 63.2 Å². The van der Waals surface area contributed by atoms with Crippen LogP contribution >= 0.6 is 30.9 Å². The lowest BCUT2D eigenvalue weighted by atomic mass is 10.0. The monoisotopic (exact) mass is 629 g/mol. The second kappa shape index (κ2) is 12.3. The number of carbonyl (C=O) groups is 1. The van der Waals surface area contributed by atoms with E-state index in [1.165, 1.54) is 13.8 Å². The summed E-state index contributed by atoms with van der Waals surface area (Å²) in [7, 11) is -4.36. The molecule has 0 amide bonds. The molecule has 15 heteroatoms. The Hall–Kier alpha value is -2.70. The molecule has 1 fully saturated rings. The number of rotatable bonds is 10. The molecule has 3 aromatic rings. The number of aromatic amines is 1. The molecule has 1 aromatic heterocycles. The van der Waals surface area contributed by atoms with E-state index in [1.807, 2.05) is 23.2 Å². The summed E-state index contributed by atoms with van der Waals surface area (Å²) < 4.78 is 37.7. The van der Waals surface area contributed by atoms with Gasteiger partial charge in [0.15, 0.2) is 6.23 Å². The van der Waals surface area contributed by atoms with E-state index < -0.39 is 67.0 Å². The summed E-state index contributed by atoms with van der Waals surface area (Å²) in [5.41, 5.74) is -1.67. The molecule has 41 heavy (non-hydrogen) atoms. The van der Waals surface area contributed by atoms with Crippen LogP contribution in [0.5, 0.6) is 5.75 Å². The quantitative estimate of drug-likeness (QED) is 0.171. The van der Waals surface area contributed by atoms with Gasteiger partial charge >= 0.3 is 19.4 Å². The van der Waals surface area contributed by atoms with E-state index in [1.54, 1.807) is 38.1 Å². The van der Waals surface area contributed by atoms with Crippen LogP contribution in [0, 0.1) is 0 Å². The molecule has 2 unspecified atom stereocenters. The molecule has 6 atom stereocenters. The molecule has 2 aromatic carbocycles. The van der Waals surface area contributed by atoms with Gasteiger partial charge in [0.1, 0.15) is 33.9 Å². The van der Waals surface area contributed by atoms with Crippen molar-refractivity contribution in [2.24, 2.45) is 0 Å². The van der Waals surface area contributed by atoms with Crippen molar-refractivity contribution < 1.29 is 33.0 Å². The van der Waals surface area contributed by atoms with Gasteiger partial charge in [-0.1, -0.05) is 48.0 Å². The van der Waals surface area contributed by atoms with Crippen LogP contribution in [0.2, 0.25) is 5.02 Å². The van der Waals surface area contributed by atoms with Gasteiger partial charge in [-0.25, -0.2) is 9.36 Å². The molecular formula is C26H30Cl2N3O9P. The smallest absolute Gasteiger partial charge is 0.459 e. The number of carbonyl (C=O) groups excluding carboxylic acids is 1. The molecule has 1 aliphatic heterocycles. The fraction of sp³-hybridized carbons (Fsp3) is 0.423. The van der Waals surface area contributed by atoms with Gasteiger partial charge in [0.05, 0.1) is 12.7 Å². The maximum Gasteiger partial charge on any atom is 0.459 e. The number of aliphatic hydroxyl groups excluding tert-OH is 1. The lowest BCUT2D eigenvalue weighted by Gasteiger charge is -2.26. The summed E-state index contributed by atoms with van der Waals surface area (Å²) in [4.78, 5) is 37.1.